The summed E-state index contributed by atoms with van der Waals surface area (Å²) in [5.74, 6) is -1.25. The van der Waals surface area contributed by atoms with E-state index < -0.39 is 12.0 Å². The summed E-state index contributed by atoms with van der Waals surface area (Å²) in [5, 5.41) is 15.0. The van der Waals surface area contributed by atoms with E-state index in [1.165, 1.54) is 0 Å². The first kappa shape index (κ1) is 8.73. The fraction of sp³-hybridized carbons (Fsp3) is 0.429. The van der Waals surface area contributed by atoms with Crippen LogP contribution >= 0.6 is 0 Å². The molecule has 0 unspecified atom stereocenters. The van der Waals surface area contributed by atoms with E-state index in [4.69, 9.17) is 10.8 Å². The Kier molecular flexibility index (Phi) is 2.44. The zero-order valence-electron chi connectivity index (χ0n) is 6.69. The van der Waals surface area contributed by atoms with Gasteiger partial charge in [0.15, 0.2) is 0 Å². The van der Waals surface area contributed by atoms with Crippen LogP contribution in [0.25, 0.3) is 0 Å². The third-order valence-electron chi connectivity index (χ3n) is 1.84. The molecular formula is C7H11N3O2. The van der Waals surface area contributed by atoms with Crippen molar-refractivity contribution in [1.82, 2.24) is 10.2 Å². The highest BCUT2D eigenvalue weighted by molar-refractivity contribution is 5.74. The van der Waals surface area contributed by atoms with Gasteiger partial charge in [0, 0.05) is 17.8 Å². The van der Waals surface area contributed by atoms with Crippen molar-refractivity contribution in [3.63, 3.8) is 0 Å². The summed E-state index contributed by atoms with van der Waals surface area (Å²) >= 11 is 0. The third-order valence-corrected chi connectivity index (χ3v) is 1.84. The van der Waals surface area contributed by atoms with Gasteiger partial charge >= 0.3 is 5.97 Å². The number of carbonyl (C=O) groups is 1. The lowest BCUT2D eigenvalue weighted by atomic mass is 10.00. The minimum atomic E-state index is -1.00. The average molecular weight is 169 g/mol. The van der Waals surface area contributed by atoms with Crippen molar-refractivity contribution in [2.45, 2.75) is 18.9 Å². The SMILES string of the molecule is C[C@H](c1ccn[nH]1)[C@H](N)C(=O)O. The number of hydrogen-bond donors (Lipinski definition) is 3. The lowest BCUT2D eigenvalue weighted by Crippen LogP contribution is -2.35. The van der Waals surface area contributed by atoms with Crippen LogP contribution in [0.4, 0.5) is 0 Å². The molecule has 0 radical (unpaired) electrons. The van der Waals surface area contributed by atoms with Crippen LogP contribution in [0.1, 0.15) is 18.5 Å². The van der Waals surface area contributed by atoms with Crippen LogP contribution in [0.15, 0.2) is 12.3 Å². The molecule has 2 atom stereocenters. The van der Waals surface area contributed by atoms with Crippen molar-refractivity contribution in [2.75, 3.05) is 0 Å². The second kappa shape index (κ2) is 3.36. The lowest BCUT2D eigenvalue weighted by Gasteiger charge is -2.13. The van der Waals surface area contributed by atoms with E-state index >= 15 is 0 Å². The summed E-state index contributed by atoms with van der Waals surface area (Å²) in [6.07, 6.45) is 1.57. The molecule has 0 aliphatic rings. The molecule has 5 nitrogen and oxygen atoms in total. The van der Waals surface area contributed by atoms with E-state index in [0.717, 1.165) is 5.69 Å². The number of H-pyrrole nitrogens is 1. The zero-order chi connectivity index (χ0) is 9.14. The predicted molar refractivity (Wildman–Crippen MR) is 42.6 cm³/mol. The van der Waals surface area contributed by atoms with Gasteiger partial charge in [-0.2, -0.15) is 5.10 Å². The normalized spacial score (nSPS) is 15.5. The molecule has 0 spiro atoms. The Morgan fingerprint density at radius 3 is 2.92 bits per heavy atom. The minimum Gasteiger partial charge on any atom is -0.480 e. The van der Waals surface area contributed by atoms with Gasteiger partial charge in [-0.3, -0.25) is 9.89 Å². The monoisotopic (exact) mass is 169 g/mol. The Hall–Kier alpha value is -1.36. The standard InChI is InChI=1S/C7H11N3O2/c1-4(6(8)7(11)12)5-2-3-9-10-5/h2-4,6H,8H2,1H3,(H,9,10)(H,11,12)/t4-,6+/m1/s1. The topological polar surface area (TPSA) is 92.0 Å². The van der Waals surface area contributed by atoms with Gasteiger partial charge in [-0.05, 0) is 6.07 Å². The Bertz CT molecular complexity index is 258. The largest absolute Gasteiger partial charge is 0.480 e. The second-order valence-corrected chi connectivity index (χ2v) is 2.66. The van der Waals surface area contributed by atoms with Crippen molar-refractivity contribution < 1.29 is 9.90 Å². The summed E-state index contributed by atoms with van der Waals surface area (Å²) in [6, 6.07) is 0.832. The molecule has 0 aliphatic carbocycles. The summed E-state index contributed by atoms with van der Waals surface area (Å²) < 4.78 is 0. The number of carboxylic acids is 1. The Morgan fingerprint density at radius 1 is 1.83 bits per heavy atom. The van der Waals surface area contributed by atoms with Crippen molar-refractivity contribution in [2.24, 2.45) is 5.73 Å². The highest BCUT2D eigenvalue weighted by atomic mass is 16.4. The number of carboxylic acid groups (broad SMARTS) is 1. The fourth-order valence-electron chi connectivity index (χ4n) is 0.928. The predicted octanol–water partition coefficient (Wildman–Crippen LogP) is -0.0749. The fourth-order valence-corrected chi connectivity index (χ4v) is 0.928. The van der Waals surface area contributed by atoms with E-state index in [-0.39, 0.29) is 5.92 Å². The molecule has 1 heterocycles. The van der Waals surface area contributed by atoms with Crippen LogP contribution in [0.5, 0.6) is 0 Å². The Balaban J connectivity index is 2.71. The molecule has 0 saturated heterocycles. The van der Waals surface area contributed by atoms with Gasteiger partial charge in [-0.15, -0.1) is 0 Å². The van der Waals surface area contributed by atoms with Gasteiger partial charge in [0.25, 0.3) is 0 Å². The van der Waals surface area contributed by atoms with Crippen molar-refractivity contribution in [1.29, 1.82) is 0 Å². The molecule has 0 bridgehead atoms. The number of nitrogens with two attached hydrogens (primary N) is 1. The average Bonchev–Trinajstić information content (AvgIpc) is 2.53. The van der Waals surface area contributed by atoms with E-state index in [1.807, 2.05) is 0 Å². The lowest BCUT2D eigenvalue weighted by molar-refractivity contribution is -0.139. The number of hydrogen-bond acceptors (Lipinski definition) is 3. The Labute approximate surface area is 69.6 Å². The number of nitrogens with one attached hydrogen (secondary N) is 1. The van der Waals surface area contributed by atoms with Crippen LogP contribution in [0.2, 0.25) is 0 Å². The molecular weight excluding hydrogens is 158 g/mol. The van der Waals surface area contributed by atoms with E-state index in [9.17, 15) is 4.79 Å². The molecule has 0 aliphatic heterocycles. The van der Waals surface area contributed by atoms with E-state index in [2.05, 4.69) is 10.2 Å². The van der Waals surface area contributed by atoms with Gasteiger partial charge < -0.3 is 10.8 Å². The maximum absolute atomic E-state index is 10.5. The molecule has 1 aromatic heterocycles. The van der Waals surface area contributed by atoms with Crippen LogP contribution in [0, 0.1) is 0 Å². The van der Waals surface area contributed by atoms with E-state index in [0.29, 0.717) is 0 Å². The van der Waals surface area contributed by atoms with Crippen LogP contribution in [-0.4, -0.2) is 27.3 Å². The van der Waals surface area contributed by atoms with E-state index in [1.54, 1.807) is 19.2 Å². The number of aromatic nitrogens is 2. The summed E-state index contributed by atoms with van der Waals surface area (Å²) in [5.41, 5.74) is 6.14. The molecule has 5 heteroatoms. The molecule has 0 fully saturated rings. The zero-order valence-corrected chi connectivity index (χ0v) is 6.69. The molecule has 1 aromatic rings. The van der Waals surface area contributed by atoms with Gasteiger partial charge in [0.2, 0.25) is 0 Å². The molecule has 0 aromatic carbocycles. The highest BCUT2D eigenvalue weighted by Crippen LogP contribution is 2.14. The third kappa shape index (κ3) is 1.62. The van der Waals surface area contributed by atoms with Gasteiger partial charge in [-0.1, -0.05) is 6.92 Å². The maximum Gasteiger partial charge on any atom is 0.321 e. The number of rotatable bonds is 3. The molecule has 1 rings (SSSR count). The number of aliphatic carboxylic acids is 1. The first-order chi connectivity index (χ1) is 5.63. The number of nitrogens with zero attached hydrogens (tertiary/aromatic N) is 1. The highest BCUT2D eigenvalue weighted by Gasteiger charge is 2.22. The molecule has 0 amide bonds. The van der Waals surface area contributed by atoms with Gasteiger partial charge in [0.05, 0.1) is 0 Å². The summed E-state index contributed by atoms with van der Waals surface area (Å²) in [6.45, 7) is 1.74. The first-order valence-corrected chi connectivity index (χ1v) is 3.60. The van der Waals surface area contributed by atoms with Crippen LogP contribution in [-0.2, 0) is 4.79 Å². The quantitative estimate of drug-likeness (QED) is 0.590. The second-order valence-electron chi connectivity index (χ2n) is 2.66. The summed E-state index contributed by atoms with van der Waals surface area (Å²) in [7, 11) is 0. The molecule has 0 saturated carbocycles. The first-order valence-electron chi connectivity index (χ1n) is 3.60. The van der Waals surface area contributed by atoms with Crippen LogP contribution < -0.4 is 5.73 Å². The van der Waals surface area contributed by atoms with Gasteiger partial charge in [-0.25, -0.2) is 0 Å². The van der Waals surface area contributed by atoms with Gasteiger partial charge in [0.1, 0.15) is 6.04 Å². The molecule has 4 N–H and O–H groups in total. The van der Waals surface area contributed by atoms with Crippen molar-refractivity contribution in [3.8, 4) is 0 Å². The van der Waals surface area contributed by atoms with Crippen molar-refractivity contribution in [3.05, 3.63) is 18.0 Å². The Morgan fingerprint density at radius 2 is 2.50 bits per heavy atom. The van der Waals surface area contributed by atoms with Crippen LogP contribution in [0.3, 0.4) is 0 Å². The maximum atomic E-state index is 10.5. The summed E-state index contributed by atoms with van der Waals surface area (Å²) in [4.78, 5) is 10.5. The smallest absolute Gasteiger partial charge is 0.321 e. The molecule has 66 valence electrons. The number of aromatic amines is 1. The minimum absolute atomic E-state index is 0.245. The molecule has 12 heavy (non-hydrogen) atoms. The van der Waals surface area contributed by atoms with Crippen molar-refractivity contribution >= 4 is 5.97 Å².